The van der Waals surface area contributed by atoms with E-state index < -0.39 is 23.9 Å². The van der Waals surface area contributed by atoms with Crippen LogP contribution in [0.1, 0.15) is 27.7 Å². The molecule has 0 spiro atoms. The van der Waals surface area contributed by atoms with Gasteiger partial charge in [-0.25, -0.2) is 9.69 Å². The molecule has 1 aliphatic rings. The molecule has 158 valence electrons. The molecule has 2 heterocycles. The molecule has 2 aromatic carbocycles. The second-order valence-electron chi connectivity index (χ2n) is 6.94. The number of imide groups is 1. The van der Waals surface area contributed by atoms with Crippen LogP contribution in [0.25, 0.3) is 11.3 Å². The first-order valence-electron chi connectivity index (χ1n) is 9.50. The summed E-state index contributed by atoms with van der Waals surface area (Å²) in [6, 6.07) is 15.4. The predicted octanol–water partition coefficient (Wildman–Crippen LogP) is 3.75. The number of amides is 3. The number of hydrogen-bond acceptors (Lipinski definition) is 6. The Morgan fingerprint density at radius 1 is 1.16 bits per heavy atom. The summed E-state index contributed by atoms with van der Waals surface area (Å²) in [6.45, 7) is 1.25. The molecule has 0 bridgehead atoms. The normalized spacial score (nSPS) is 14.5. The molecule has 9 heteroatoms. The van der Waals surface area contributed by atoms with E-state index in [1.165, 1.54) is 0 Å². The van der Waals surface area contributed by atoms with Gasteiger partial charge in [-0.1, -0.05) is 65.3 Å². The molecule has 1 aliphatic heterocycles. The summed E-state index contributed by atoms with van der Waals surface area (Å²) in [6.07, 6.45) is -0.738. The van der Waals surface area contributed by atoms with Crippen molar-refractivity contribution in [3.63, 3.8) is 0 Å². The molecule has 1 fully saturated rings. The minimum absolute atomic E-state index is 0.0703. The highest BCUT2D eigenvalue weighted by Crippen LogP contribution is 2.31. The van der Waals surface area contributed by atoms with Crippen LogP contribution in [-0.4, -0.2) is 41.1 Å². The Labute approximate surface area is 182 Å². The summed E-state index contributed by atoms with van der Waals surface area (Å²) in [5, 5.41) is 7.33. The third-order valence-corrected chi connectivity index (χ3v) is 5.26. The lowest BCUT2D eigenvalue weighted by molar-refractivity contribution is -0.126. The average Bonchev–Trinajstić information content (AvgIpc) is 3.31. The zero-order chi connectivity index (χ0) is 22.0. The number of benzene rings is 2. The molecule has 0 aliphatic carbocycles. The first-order valence-corrected chi connectivity index (χ1v) is 9.87. The van der Waals surface area contributed by atoms with E-state index >= 15 is 0 Å². The van der Waals surface area contributed by atoms with Crippen LogP contribution in [0.15, 0.2) is 59.1 Å². The van der Waals surface area contributed by atoms with Gasteiger partial charge in [-0.2, -0.15) is 0 Å². The van der Waals surface area contributed by atoms with Crippen molar-refractivity contribution in [2.45, 2.75) is 13.0 Å². The molecule has 1 unspecified atom stereocenters. The van der Waals surface area contributed by atoms with Gasteiger partial charge in [0.05, 0.1) is 17.6 Å². The van der Waals surface area contributed by atoms with Crippen molar-refractivity contribution in [2.24, 2.45) is 0 Å². The van der Waals surface area contributed by atoms with Crippen molar-refractivity contribution in [3.05, 3.63) is 76.5 Å². The fraction of sp³-hybridized carbons (Fsp3) is 0.182. The van der Waals surface area contributed by atoms with E-state index in [2.05, 4.69) is 10.5 Å². The summed E-state index contributed by atoms with van der Waals surface area (Å²) in [5.41, 5.74) is 1.81. The molecule has 4 rings (SSSR count). The van der Waals surface area contributed by atoms with Gasteiger partial charge in [-0.3, -0.25) is 9.59 Å². The van der Waals surface area contributed by atoms with Crippen molar-refractivity contribution in [3.8, 4) is 11.3 Å². The number of cyclic esters (lactones) is 1. The van der Waals surface area contributed by atoms with E-state index in [0.29, 0.717) is 22.0 Å². The molecule has 31 heavy (non-hydrogen) atoms. The van der Waals surface area contributed by atoms with Crippen LogP contribution >= 0.6 is 11.6 Å². The molecule has 3 amide bonds. The lowest BCUT2D eigenvalue weighted by Gasteiger charge is -2.23. The number of nitrogens with one attached hydrogen (secondary N) is 1. The molecule has 1 saturated heterocycles. The van der Waals surface area contributed by atoms with Crippen molar-refractivity contribution in [1.29, 1.82) is 0 Å². The maximum absolute atomic E-state index is 13.3. The number of carbonyl (C=O) groups is 3. The highest BCUT2D eigenvalue weighted by Gasteiger charge is 2.34. The number of aryl methyl sites for hydroxylation is 1. The maximum atomic E-state index is 13.3. The lowest BCUT2D eigenvalue weighted by Crippen LogP contribution is -2.40. The Bertz CT molecular complexity index is 1130. The quantitative estimate of drug-likeness (QED) is 0.627. The highest BCUT2D eigenvalue weighted by molar-refractivity contribution is 6.33. The number of ether oxygens (including phenoxy) is 1. The number of carbonyl (C=O) groups excluding carboxylic acids is 3. The minimum atomic E-state index is -0.738. The van der Waals surface area contributed by atoms with Gasteiger partial charge in [0, 0.05) is 5.56 Å². The number of halogens is 1. The molecule has 8 nitrogen and oxygen atoms in total. The van der Waals surface area contributed by atoms with Crippen molar-refractivity contribution in [2.75, 3.05) is 13.2 Å². The van der Waals surface area contributed by atoms with E-state index in [4.69, 9.17) is 20.9 Å². The summed E-state index contributed by atoms with van der Waals surface area (Å²) in [7, 11) is 0. The Morgan fingerprint density at radius 2 is 1.87 bits per heavy atom. The Morgan fingerprint density at radius 3 is 2.55 bits per heavy atom. The number of rotatable bonds is 6. The molecular formula is C22H18ClN3O5. The summed E-state index contributed by atoms with van der Waals surface area (Å²) in [5.74, 6) is -0.614. The lowest BCUT2D eigenvalue weighted by atomic mass is 10.0. The molecule has 1 N–H and O–H groups in total. The fourth-order valence-corrected chi connectivity index (χ4v) is 3.59. The topological polar surface area (TPSA) is 102 Å². The summed E-state index contributed by atoms with van der Waals surface area (Å²) in [4.78, 5) is 38.2. The second kappa shape index (κ2) is 8.61. The molecule has 3 aromatic rings. The molecule has 1 atom stereocenters. The largest absolute Gasteiger partial charge is 0.439 e. The van der Waals surface area contributed by atoms with Crippen molar-refractivity contribution in [1.82, 2.24) is 15.4 Å². The van der Waals surface area contributed by atoms with Crippen LogP contribution in [0.4, 0.5) is 4.79 Å². The van der Waals surface area contributed by atoms with Gasteiger partial charge < -0.3 is 14.6 Å². The van der Waals surface area contributed by atoms with Gasteiger partial charge in [0.2, 0.25) is 0 Å². The van der Waals surface area contributed by atoms with Crippen molar-refractivity contribution < 1.29 is 23.6 Å². The zero-order valence-electron chi connectivity index (χ0n) is 16.5. The SMILES string of the molecule is Cc1onc(-c2ccccc2Cl)c1C(=O)NC(CN1C(=O)COC1=O)c1ccccc1. The van der Waals surface area contributed by atoms with Gasteiger partial charge in [-0.15, -0.1) is 0 Å². The van der Waals surface area contributed by atoms with Crippen LogP contribution < -0.4 is 5.32 Å². The standard InChI is InChI=1S/C22H18ClN3O5/c1-13-19(20(25-31-13)15-9-5-6-10-16(15)23)21(28)24-17(14-7-3-2-4-8-14)11-26-18(27)12-30-22(26)29/h2-10,17H,11-12H2,1H3,(H,24,28). The first kappa shape index (κ1) is 20.6. The second-order valence-corrected chi connectivity index (χ2v) is 7.35. The average molecular weight is 440 g/mol. The van der Waals surface area contributed by atoms with E-state index in [-0.39, 0.29) is 18.7 Å². The van der Waals surface area contributed by atoms with Crippen molar-refractivity contribution >= 4 is 29.5 Å². The van der Waals surface area contributed by atoms with E-state index in [1.807, 2.05) is 6.07 Å². The summed E-state index contributed by atoms with van der Waals surface area (Å²) >= 11 is 6.28. The smallest absolute Gasteiger partial charge is 0.417 e. The van der Waals surface area contributed by atoms with E-state index in [1.54, 1.807) is 55.5 Å². The predicted molar refractivity (Wildman–Crippen MR) is 111 cm³/mol. The van der Waals surface area contributed by atoms with Gasteiger partial charge in [0.15, 0.2) is 6.61 Å². The third kappa shape index (κ3) is 4.15. The Balaban J connectivity index is 1.66. The van der Waals surface area contributed by atoms with E-state index in [0.717, 1.165) is 10.5 Å². The number of aromatic nitrogens is 1. The zero-order valence-corrected chi connectivity index (χ0v) is 17.3. The minimum Gasteiger partial charge on any atom is -0.439 e. The van der Waals surface area contributed by atoms with Crippen LogP contribution in [0.2, 0.25) is 5.02 Å². The third-order valence-electron chi connectivity index (χ3n) is 4.93. The summed E-state index contributed by atoms with van der Waals surface area (Å²) < 4.78 is 10.1. The number of hydrogen-bond donors (Lipinski definition) is 1. The molecule has 0 radical (unpaired) electrons. The van der Waals surface area contributed by atoms with Gasteiger partial charge in [0.25, 0.3) is 11.8 Å². The van der Waals surface area contributed by atoms with Crippen LogP contribution in [-0.2, 0) is 9.53 Å². The molecule has 1 aromatic heterocycles. The highest BCUT2D eigenvalue weighted by atomic mass is 35.5. The van der Waals surface area contributed by atoms with Gasteiger partial charge in [-0.05, 0) is 18.6 Å². The Hall–Kier alpha value is -3.65. The van der Waals surface area contributed by atoms with Crippen LogP contribution in [0.5, 0.6) is 0 Å². The first-order chi connectivity index (χ1) is 15.0. The van der Waals surface area contributed by atoms with Gasteiger partial charge in [0.1, 0.15) is 17.0 Å². The molecular weight excluding hydrogens is 422 g/mol. The molecule has 0 saturated carbocycles. The van der Waals surface area contributed by atoms with Crippen LogP contribution in [0.3, 0.4) is 0 Å². The Kier molecular flexibility index (Phi) is 5.73. The monoisotopic (exact) mass is 439 g/mol. The van der Waals surface area contributed by atoms with E-state index in [9.17, 15) is 14.4 Å². The van der Waals surface area contributed by atoms with Gasteiger partial charge >= 0.3 is 6.09 Å². The number of nitrogens with zero attached hydrogens (tertiary/aromatic N) is 2. The van der Waals surface area contributed by atoms with Crippen LogP contribution in [0, 0.1) is 6.92 Å². The maximum Gasteiger partial charge on any atom is 0.417 e. The fourth-order valence-electron chi connectivity index (χ4n) is 3.37.